The molecule has 0 saturated carbocycles. The van der Waals surface area contributed by atoms with E-state index in [1.165, 1.54) is 5.57 Å². The van der Waals surface area contributed by atoms with Gasteiger partial charge in [-0.1, -0.05) is 52.0 Å². The van der Waals surface area contributed by atoms with Crippen molar-refractivity contribution in [3.05, 3.63) is 23.3 Å². The maximum absolute atomic E-state index is 5.61. The fraction of sp³-hybridized carbons (Fsp3) is 0.600. The second kappa shape index (κ2) is 5.95. The van der Waals surface area contributed by atoms with E-state index in [1.54, 1.807) is 6.08 Å². The number of alkyl halides is 3. The van der Waals surface area contributed by atoms with E-state index in [9.17, 15) is 0 Å². The van der Waals surface area contributed by atoms with Crippen LogP contribution in [0.2, 0.25) is 0 Å². The Morgan fingerprint density at radius 2 is 1.69 bits per heavy atom. The second-order valence-corrected chi connectivity index (χ2v) is 5.72. The molecule has 0 nitrogen and oxygen atoms in total. The molecule has 0 spiro atoms. The van der Waals surface area contributed by atoms with Crippen molar-refractivity contribution in [2.45, 2.75) is 37.4 Å². The molecule has 0 atom stereocenters. The lowest BCUT2D eigenvalue weighted by Gasteiger charge is -2.06. The van der Waals surface area contributed by atoms with Crippen LogP contribution in [0.5, 0.6) is 0 Å². The summed E-state index contributed by atoms with van der Waals surface area (Å²) < 4.78 is -1.25. The molecule has 0 N–H and O–H groups in total. The number of rotatable bonds is 3. The lowest BCUT2D eigenvalue weighted by atomic mass is 10.1. The standard InChI is InChI=1S/C10H15Cl3/c1-8(2)5-4-6-9(3)7-10(11,12)13/h5,7H,4,6H2,1-3H3/b9-7+. The molecule has 0 aliphatic carbocycles. The molecule has 0 aromatic carbocycles. The molecule has 0 bridgehead atoms. The summed E-state index contributed by atoms with van der Waals surface area (Å²) in [5, 5.41) is 0. The summed E-state index contributed by atoms with van der Waals surface area (Å²) in [5.41, 5.74) is 2.43. The van der Waals surface area contributed by atoms with Crippen LogP contribution in [0.25, 0.3) is 0 Å². The van der Waals surface area contributed by atoms with Crippen LogP contribution in [0.3, 0.4) is 0 Å². The van der Waals surface area contributed by atoms with Crippen molar-refractivity contribution < 1.29 is 0 Å². The van der Waals surface area contributed by atoms with Gasteiger partial charge in [0.2, 0.25) is 3.79 Å². The highest BCUT2D eigenvalue weighted by molar-refractivity contribution is 6.68. The molecule has 0 aliphatic heterocycles. The maximum atomic E-state index is 5.61. The molecule has 0 saturated heterocycles. The molecular weight excluding hydrogens is 226 g/mol. The highest BCUT2D eigenvalue weighted by Gasteiger charge is 2.14. The minimum absolute atomic E-state index is 0.944. The van der Waals surface area contributed by atoms with Crippen molar-refractivity contribution in [3.8, 4) is 0 Å². The van der Waals surface area contributed by atoms with Gasteiger partial charge in [-0.15, -0.1) is 0 Å². The van der Waals surface area contributed by atoms with Crippen molar-refractivity contribution in [2.75, 3.05) is 0 Å². The second-order valence-electron chi connectivity index (χ2n) is 3.35. The molecule has 0 amide bonds. The summed E-state index contributed by atoms with van der Waals surface area (Å²) in [4.78, 5) is 0. The smallest absolute Gasteiger partial charge is 0.0856 e. The third-order valence-electron chi connectivity index (χ3n) is 1.50. The SMILES string of the molecule is CC(C)=CCC/C(C)=C/C(Cl)(Cl)Cl. The van der Waals surface area contributed by atoms with Gasteiger partial charge >= 0.3 is 0 Å². The lowest BCUT2D eigenvalue weighted by Crippen LogP contribution is -1.96. The monoisotopic (exact) mass is 240 g/mol. The van der Waals surface area contributed by atoms with E-state index in [2.05, 4.69) is 19.9 Å². The van der Waals surface area contributed by atoms with E-state index >= 15 is 0 Å². The van der Waals surface area contributed by atoms with E-state index in [-0.39, 0.29) is 0 Å². The average Bonchev–Trinajstić information content (AvgIpc) is 1.81. The average molecular weight is 242 g/mol. The first kappa shape index (κ1) is 13.4. The predicted octanol–water partition coefficient (Wildman–Crippen LogP) is 5.05. The van der Waals surface area contributed by atoms with Crippen LogP contribution in [0.15, 0.2) is 23.3 Å². The van der Waals surface area contributed by atoms with Crippen molar-refractivity contribution in [1.82, 2.24) is 0 Å². The van der Waals surface area contributed by atoms with Crippen LogP contribution in [0.1, 0.15) is 33.6 Å². The summed E-state index contributed by atoms with van der Waals surface area (Å²) in [6.07, 6.45) is 5.79. The minimum Gasteiger partial charge on any atom is -0.0856 e. The van der Waals surface area contributed by atoms with Crippen molar-refractivity contribution in [3.63, 3.8) is 0 Å². The first-order valence-corrected chi connectivity index (χ1v) is 5.33. The Morgan fingerprint density at radius 1 is 1.15 bits per heavy atom. The normalized spacial score (nSPS) is 12.9. The van der Waals surface area contributed by atoms with E-state index in [1.807, 2.05) is 6.92 Å². The number of halogens is 3. The van der Waals surface area contributed by atoms with Gasteiger partial charge in [-0.05, 0) is 39.7 Å². The molecule has 0 fully saturated rings. The first-order chi connectivity index (χ1) is 5.81. The van der Waals surface area contributed by atoms with Gasteiger partial charge in [0.05, 0.1) is 0 Å². The zero-order valence-corrected chi connectivity index (χ0v) is 10.5. The van der Waals surface area contributed by atoms with Crippen LogP contribution in [-0.2, 0) is 0 Å². The van der Waals surface area contributed by atoms with Crippen LogP contribution in [0, 0.1) is 0 Å². The Hall–Kier alpha value is 0.350. The zero-order valence-electron chi connectivity index (χ0n) is 8.20. The number of hydrogen-bond donors (Lipinski definition) is 0. The first-order valence-electron chi connectivity index (χ1n) is 4.19. The quantitative estimate of drug-likeness (QED) is 0.479. The fourth-order valence-electron chi connectivity index (χ4n) is 0.940. The third-order valence-corrected chi connectivity index (χ3v) is 1.83. The van der Waals surface area contributed by atoms with Crippen LogP contribution < -0.4 is 0 Å². The summed E-state index contributed by atoms with van der Waals surface area (Å²) >= 11 is 16.8. The maximum Gasteiger partial charge on any atom is 0.209 e. The van der Waals surface area contributed by atoms with Crippen molar-refractivity contribution in [2.24, 2.45) is 0 Å². The number of allylic oxidation sites excluding steroid dienone is 4. The van der Waals surface area contributed by atoms with Crippen LogP contribution in [0.4, 0.5) is 0 Å². The summed E-state index contributed by atoms with van der Waals surface area (Å²) in [6, 6.07) is 0. The Bertz CT molecular complexity index is 205. The Balaban J connectivity index is 3.95. The predicted molar refractivity (Wildman–Crippen MR) is 62.7 cm³/mol. The molecule has 0 aliphatic rings. The van der Waals surface area contributed by atoms with Gasteiger partial charge in [0, 0.05) is 0 Å². The summed E-state index contributed by atoms with van der Waals surface area (Å²) in [7, 11) is 0. The Morgan fingerprint density at radius 3 is 2.08 bits per heavy atom. The summed E-state index contributed by atoms with van der Waals surface area (Å²) in [6.45, 7) is 6.13. The van der Waals surface area contributed by atoms with Crippen LogP contribution in [-0.4, -0.2) is 3.79 Å². The van der Waals surface area contributed by atoms with Crippen LogP contribution >= 0.6 is 34.8 Å². The van der Waals surface area contributed by atoms with E-state index in [4.69, 9.17) is 34.8 Å². The lowest BCUT2D eigenvalue weighted by molar-refractivity contribution is 0.959. The van der Waals surface area contributed by atoms with Gasteiger partial charge < -0.3 is 0 Å². The van der Waals surface area contributed by atoms with Gasteiger partial charge in [0.1, 0.15) is 0 Å². The molecule has 0 aromatic heterocycles. The van der Waals surface area contributed by atoms with Crippen molar-refractivity contribution >= 4 is 34.8 Å². The molecule has 0 heterocycles. The van der Waals surface area contributed by atoms with Gasteiger partial charge in [0.15, 0.2) is 0 Å². The molecule has 3 heteroatoms. The zero-order chi connectivity index (χ0) is 10.5. The highest BCUT2D eigenvalue weighted by atomic mass is 35.6. The molecule has 0 rings (SSSR count). The van der Waals surface area contributed by atoms with E-state index < -0.39 is 3.79 Å². The fourth-order valence-corrected chi connectivity index (χ4v) is 1.50. The van der Waals surface area contributed by atoms with E-state index in [0.29, 0.717) is 0 Å². The molecule has 76 valence electrons. The molecule has 0 radical (unpaired) electrons. The summed E-state index contributed by atoms with van der Waals surface area (Å²) in [5.74, 6) is 0. The van der Waals surface area contributed by atoms with E-state index in [0.717, 1.165) is 18.4 Å². The molecular formula is C10H15Cl3. The molecule has 0 unspecified atom stereocenters. The van der Waals surface area contributed by atoms with Gasteiger partial charge in [0.25, 0.3) is 0 Å². The van der Waals surface area contributed by atoms with Gasteiger partial charge in [-0.3, -0.25) is 0 Å². The minimum atomic E-state index is -1.25. The largest absolute Gasteiger partial charge is 0.209 e. The van der Waals surface area contributed by atoms with Crippen molar-refractivity contribution in [1.29, 1.82) is 0 Å². The topological polar surface area (TPSA) is 0 Å². The van der Waals surface area contributed by atoms with Gasteiger partial charge in [-0.2, -0.15) is 0 Å². The Kier molecular flexibility index (Phi) is 6.11. The molecule has 13 heavy (non-hydrogen) atoms. The third kappa shape index (κ3) is 10.3. The molecule has 0 aromatic rings. The van der Waals surface area contributed by atoms with Gasteiger partial charge in [-0.25, -0.2) is 0 Å². The highest BCUT2D eigenvalue weighted by Crippen LogP contribution is 2.29. The number of hydrogen-bond acceptors (Lipinski definition) is 0. The Labute approximate surface area is 95.6 Å².